The number of aliphatic imine (C=N–C) groups is 1. The summed E-state index contributed by atoms with van der Waals surface area (Å²) >= 11 is 0. The van der Waals surface area contributed by atoms with Crippen LogP contribution in [-0.4, -0.2) is 13.3 Å². The Bertz CT molecular complexity index is 242. The second kappa shape index (κ2) is 5.53. The van der Waals surface area contributed by atoms with Crippen LogP contribution in [0.5, 0.6) is 0 Å². The average molecular weight is 163 g/mol. The Morgan fingerprint density at radius 2 is 1.92 bits per heavy atom. The lowest BCUT2D eigenvalue weighted by Gasteiger charge is -2.03. The molecule has 0 heterocycles. The number of allylic oxidation sites excluding steroid dienone is 5. The number of hydrogen-bond donors (Lipinski definition) is 0. The fourth-order valence-corrected chi connectivity index (χ4v) is 0.908. The van der Waals surface area contributed by atoms with Gasteiger partial charge in [0.05, 0.1) is 0 Å². The maximum Gasteiger partial charge on any atom is 0.0280 e. The first-order valence-electron chi connectivity index (χ1n) is 4.06. The Morgan fingerprint density at radius 3 is 2.25 bits per heavy atom. The van der Waals surface area contributed by atoms with Gasteiger partial charge in [-0.15, -0.1) is 0 Å². The highest BCUT2D eigenvalue weighted by Gasteiger charge is 1.96. The molecule has 0 aromatic carbocycles. The van der Waals surface area contributed by atoms with Crippen molar-refractivity contribution in [3.8, 4) is 0 Å². The van der Waals surface area contributed by atoms with Gasteiger partial charge in [-0.1, -0.05) is 18.7 Å². The third kappa shape index (κ3) is 2.87. The minimum Gasteiger partial charge on any atom is -0.296 e. The molecule has 0 aromatic heterocycles. The van der Waals surface area contributed by atoms with Gasteiger partial charge in [0.25, 0.3) is 0 Å². The van der Waals surface area contributed by atoms with E-state index >= 15 is 0 Å². The predicted octanol–water partition coefficient (Wildman–Crippen LogP) is 3.16. The van der Waals surface area contributed by atoms with E-state index in [0.29, 0.717) is 0 Å². The smallest absolute Gasteiger partial charge is 0.0280 e. The first-order valence-corrected chi connectivity index (χ1v) is 4.06. The standard InChI is InChI=1S/C11H17N/c1-6-9(3)10(4)11(7-2)8-12-5/h6-8H,1H2,2-5H3/b10-9-,11-7+,12-8?. The summed E-state index contributed by atoms with van der Waals surface area (Å²) in [6.07, 6.45) is 5.78. The van der Waals surface area contributed by atoms with Gasteiger partial charge in [-0.05, 0) is 37.5 Å². The Labute approximate surface area is 75.2 Å². The summed E-state index contributed by atoms with van der Waals surface area (Å²) in [5.41, 5.74) is 3.59. The van der Waals surface area contributed by atoms with E-state index in [0.717, 1.165) is 5.57 Å². The topological polar surface area (TPSA) is 12.4 Å². The lowest BCUT2D eigenvalue weighted by atomic mass is 10.0. The predicted molar refractivity (Wildman–Crippen MR) is 56.7 cm³/mol. The zero-order chi connectivity index (χ0) is 9.56. The van der Waals surface area contributed by atoms with E-state index in [-0.39, 0.29) is 0 Å². The third-order valence-electron chi connectivity index (χ3n) is 1.91. The van der Waals surface area contributed by atoms with E-state index in [9.17, 15) is 0 Å². The molecule has 1 heteroatoms. The van der Waals surface area contributed by atoms with Gasteiger partial charge >= 0.3 is 0 Å². The molecule has 0 spiro atoms. The molecule has 0 aliphatic rings. The molecule has 0 saturated carbocycles. The zero-order valence-corrected chi connectivity index (χ0v) is 8.39. The fraction of sp³-hybridized carbons (Fsp3) is 0.364. The van der Waals surface area contributed by atoms with Crippen LogP contribution in [0.2, 0.25) is 0 Å². The summed E-state index contributed by atoms with van der Waals surface area (Å²) in [5, 5.41) is 0. The Kier molecular flexibility index (Phi) is 5.02. The molecule has 0 atom stereocenters. The Hall–Kier alpha value is -1.11. The van der Waals surface area contributed by atoms with Crippen molar-refractivity contribution in [1.29, 1.82) is 0 Å². The van der Waals surface area contributed by atoms with Gasteiger partial charge in [-0.25, -0.2) is 0 Å². The molecule has 66 valence electrons. The highest BCUT2D eigenvalue weighted by Crippen LogP contribution is 2.12. The van der Waals surface area contributed by atoms with Gasteiger partial charge in [0, 0.05) is 13.3 Å². The van der Waals surface area contributed by atoms with Crippen LogP contribution in [-0.2, 0) is 0 Å². The number of rotatable bonds is 3. The molecular formula is C11H17N. The van der Waals surface area contributed by atoms with Gasteiger partial charge in [0.1, 0.15) is 0 Å². The minimum absolute atomic E-state index is 1.16. The molecule has 0 rings (SSSR count). The van der Waals surface area contributed by atoms with Crippen LogP contribution < -0.4 is 0 Å². The summed E-state index contributed by atoms with van der Waals surface area (Å²) in [4.78, 5) is 3.98. The summed E-state index contributed by atoms with van der Waals surface area (Å²) in [5.74, 6) is 0. The lowest BCUT2D eigenvalue weighted by molar-refractivity contribution is 1.33. The van der Waals surface area contributed by atoms with Gasteiger partial charge in [-0.3, -0.25) is 4.99 Å². The van der Waals surface area contributed by atoms with Crippen molar-refractivity contribution in [3.05, 3.63) is 35.5 Å². The van der Waals surface area contributed by atoms with Crippen LogP contribution in [0.25, 0.3) is 0 Å². The molecule has 1 nitrogen and oxygen atoms in total. The monoisotopic (exact) mass is 163 g/mol. The van der Waals surface area contributed by atoms with Crippen molar-refractivity contribution in [1.82, 2.24) is 0 Å². The number of nitrogens with zero attached hydrogens (tertiary/aromatic N) is 1. The first kappa shape index (κ1) is 10.9. The number of hydrogen-bond acceptors (Lipinski definition) is 1. The van der Waals surface area contributed by atoms with Gasteiger partial charge in [-0.2, -0.15) is 0 Å². The summed E-state index contributed by atoms with van der Waals surface area (Å²) in [6.45, 7) is 9.87. The van der Waals surface area contributed by atoms with Gasteiger partial charge in [0.15, 0.2) is 0 Å². The summed E-state index contributed by atoms with van der Waals surface area (Å²) in [6, 6.07) is 0. The highest BCUT2D eigenvalue weighted by molar-refractivity contribution is 5.84. The molecule has 0 aliphatic heterocycles. The normalized spacial score (nSPS) is 14.8. The third-order valence-corrected chi connectivity index (χ3v) is 1.91. The summed E-state index contributed by atoms with van der Waals surface area (Å²) in [7, 11) is 1.78. The van der Waals surface area contributed by atoms with Crippen LogP contribution in [0.15, 0.2) is 40.4 Å². The first-order chi connectivity index (χ1) is 5.67. The van der Waals surface area contributed by atoms with Crippen LogP contribution in [0.3, 0.4) is 0 Å². The van der Waals surface area contributed by atoms with E-state index in [1.54, 1.807) is 7.05 Å². The molecule has 0 aromatic rings. The van der Waals surface area contributed by atoms with Crippen LogP contribution in [0.4, 0.5) is 0 Å². The molecule has 0 fully saturated rings. The van der Waals surface area contributed by atoms with E-state index in [1.165, 1.54) is 11.1 Å². The molecule has 0 radical (unpaired) electrons. The second-order valence-corrected chi connectivity index (χ2v) is 2.64. The quantitative estimate of drug-likeness (QED) is 0.447. The van der Waals surface area contributed by atoms with Crippen molar-refractivity contribution < 1.29 is 0 Å². The molecular weight excluding hydrogens is 146 g/mol. The van der Waals surface area contributed by atoms with Crippen LogP contribution in [0.1, 0.15) is 20.8 Å². The van der Waals surface area contributed by atoms with Crippen LogP contribution in [0, 0.1) is 0 Å². The Balaban J connectivity index is 4.89. The maximum absolute atomic E-state index is 3.98. The fourth-order valence-electron chi connectivity index (χ4n) is 0.908. The van der Waals surface area contributed by atoms with Crippen molar-refractivity contribution >= 4 is 6.21 Å². The van der Waals surface area contributed by atoms with Crippen molar-refractivity contribution in [2.24, 2.45) is 4.99 Å². The van der Waals surface area contributed by atoms with E-state index in [1.807, 2.05) is 19.2 Å². The van der Waals surface area contributed by atoms with Crippen molar-refractivity contribution in [2.45, 2.75) is 20.8 Å². The van der Waals surface area contributed by atoms with E-state index < -0.39 is 0 Å². The maximum atomic E-state index is 3.98. The van der Waals surface area contributed by atoms with Crippen molar-refractivity contribution in [2.75, 3.05) is 7.05 Å². The molecule has 0 saturated heterocycles. The molecule has 0 bridgehead atoms. The largest absolute Gasteiger partial charge is 0.296 e. The lowest BCUT2D eigenvalue weighted by Crippen LogP contribution is -1.89. The molecule has 0 aliphatic carbocycles. The Morgan fingerprint density at radius 1 is 1.33 bits per heavy atom. The molecule has 12 heavy (non-hydrogen) atoms. The highest BCUT2D eigenvalue weighted by atomic mass is 14.6. The van der Waals surface area contributed by atoms with Gasteiger partial charge < -0.3 is 0 Å². The summed E-state index contributed by atoms with van der Waals surface area (Å²) < 4.78 is 0. The SMILES string of the molecule is C=C/C(C)=C(C)\C(C=NC)=C\C. The van der Waals surface area contributed by atoms with Gasteiger partial charge in [0.2, 0.25) is 0 Å². The molecule has 0 N–H and O–H groups in total. The van der Waals surface area contributed by atoms with E-state index in [4.69, 9.17) is 0 Å². The average Bonchev–Trinajstić information content (AvgIpc) is 2.11. The van der Waals surface area contributed by atoms with E-state index in [2.05, 4.69) is 31.5 Å². The molecule has 0 unspecified atom stereocenters. The molecule has 0 amide bonds. The second-order valence-electron chi connectivity index (χ2n) is 2.64. The van der Waals surface area contributed by atoms with Crippen molar-refractivity contribution in [3.63, 3.8) is 0 Å². The van der Waals surface area contributed by atoms with Crippen LogP contribution >= 0.6 is 0 Å². The minimum atomic E-state index is 1.16. The zero-order valence-electron chi connectivity index (χ0n) is 8.39.